The maximum atomic E-state index is 4.66. The molecule has 2 rings (SSSR count). The number of aryl methyl sites for hydroxylation is 1. The molecule has 1 aromatic heterocycles. The number of hydrogen-bond donors (Lipinski definition) is 1. The lowest BCUT2D eigenvalue weighted by Crippen LogP contribution is -2.24. The fourth-order valence-electron chi connectivity index (χ4n) is 2.30. The van der Waals surface area contributed by atoms with Crippen molar-refractivity contribution >= 4 is 16.6 Å². The monoisotopic (exact) mass is 242 g/mol. The Kier molecular flexibility index (Phi) is 3.85. The molecule has 0 spiro atoms. The average Bonchev–Trinajstić information content (AvgIpc) is 2.35. The van der Waals surface area contributed by atoms with Gasteiger partial charge in [0.25, 0.3) is 0 Å². The largest absolute Gasteiger partial charge is 0.380 e. The van der Waals surface area contributed by atoms with E-state index in [2.05, 4.69) is 61.4 Å². The van der Waals surface area contributed by atoms with Gasteiger partial charge in [-0.15, -0.1) is 0 Å². The first-order valence-electron chi connectivity index (χ1n) is 6.74. The summed E-state index contributed by atoms with van der Waals surface area (Å²) in [4.78, 5) is 4.66. The van der Waals surface area contributed by atoms with Gasteiger partial charge < -0.3 is 5.32 Å². The van der Waals surface area contributed by atoms with Crippen LogP contribution in [0.5, 0.6) is 0 Å². The van der Waals surface area contributed by atoms with Crippen LogP contribution in [-0.4, -0.2) is 11.0 Å². The number of benzene rings is 1. The van der Waals surface area contributed by atoms with Gasteiger partial charge >= 0.3 is 0 Å². The van der Waals surface area contributed by atoms with Crippen molar-refractivity contribution in [3.05, 3.63) is 36.0 Å². The van der Waals surface area contributed by atoms with Gasteiger partial charge in [0, 0.05) is 17.1 Å². The van der Waals surface area contributed by atoms with Gasteiger partial charge in [0.1, 0.15) is 0 Å². The fraction of sp³-hybridized carbons (Fsp3) is 0.438. The molecule has 0 aliphatic carbocycles. The zero-order valence-corrected chi connectivity index (χ0v) is 11.7. The van der Waals surface area contributed by atoms with E-state index in [4.69, 9.17) is 0 Å². The van der Waals surface area contributed by atoms with E-state index in [1.54, 1.807) is 0 Å². The molecule has 2 nitrogen and oxygen atoms in total. The van der Waals surface area contributed by atoms with E-state index < -0.39 is 0 Å². The number of pyridine rings is 1. The standard InChI is InChI=1S/C16H22N2/c1-5-14(11(2)3)18-15-8-6-7-13-10-9-12(4)17-16(13)15/h6-11,14,18H,5H2,1-4H3. The van der Waals surface area contributed by atoms with E-state index in [0.717, 1.165) is 23.3 Å². The van der Waals surface area contributed by atoms with Crippen LogP contribution in [0.4, 0.5) is 5.69 Å². The summed E-state index contributed by atoms with van der Waals surface area (Å²) in [7, 11) is 0. The minimum atomic E-state index is 0.498. The highest BCUT2D eigenvalue weighted by molar-refractivity contribution is 5.90. The Bertz CT molecular complexity index is 532. The van der Waals surface area contributed by atoms with Gasteiger partial charge in [-0.2, -0.15) is 0 Å². The van der Waals surface area contributed by atoms with Gasteiger partial charge in [-0.1, -0.05) is 39.0 Å². The number of nitrogens with zero attached hydrogens (tertiary/aromatic N) is 1. The highest BCUT2D eigenvalue weighted by Gasteiger charge is 2.12. The summed E-state index contributed by atoms with van der Waals surface area (Å²) in [6.45, 7) is 8.77. The topological polar surface area (TPSA) is 24.9 Å². The minimum absolute atomic E-state index is 0.498. The van der Waals surface area contributed by atoms with Crippen molar-refractivity contribution in [2.24, 2.45) is 5.92 Å². The predicted octanol–water partition coefficient (Wildman–Crippen LogP) is 4.39. The Morgan fingerprint density at radius 3 is 2.61 bits per heavy atom. The SMILES string of the molecule is CCC(Nc1cccc2ccc(C)nc12)C(C)C. The van der Waals surface area contributed by atoms with Crippen LogP contribution in [0.3, 0.4) is 0 Å². The molecule has 1 atom stereocenters. The first kappa shape index (κ1) is 12.9. The molecule has 0 aliphatic rings. The molecular weight excluding hydrogens is 220 g/mol. The Balaban J connectivity index is 2.41. The van der Waals surface area contributed by atoms with Crippen LogP contribution < -0.4 is 5.32 Å². The van der Waals surface area contributed by atoms with E-state index in [1.165, 1.54) is 5.39 Å². The summed E-state index contributed by atoms with van der Waals surface area (Å²) in [5.41, 5.74) is 3.29. The summed E-state index contributed by atoms with van der Waals surface area (Å²) in [5, 5.41) is 4.83. The van der Waals surface area contributed by atoms with Crippen molar-refractivity contribution in [1.82, 2.24) is 4.98 Å². The van der Waals surface area contributed by atoms with Crippen LogP contribution in [0.15, 0.2) is 30.3 Å². The van der Waals surface area contributed by atoms with Crippen LogP contribution in [-0.2, 0) is 0 Å². The molecule has 1 heterocycles. The van der Waals surface area contributed by atoms with Gasteiger partial charge in [0.15, 0.2) is 0 Å². The van der Waals surface area contributed by atoms with Crippen molar-refractivity contribution in [3.8, 4) is 0 Å². The Hall–Kier alpha value is -1.57. The third kappa shape index (κ3) is 2.63. The molecule has 1 aromatic carbocycles. The van der Waals surface area contributed by atoms with Gasteiger partial charge in [-0.25, -0.2) is 0 Å². The van der Waals surface area contributed by atoms with Crippen molar-refractivity contribution in [1.29, 1.82) is 0 Å². The summed E-state index contributed by atoms with van der Waals surface area (Å²) < 4.78 is 0. The second-order valence-electron chi connectivity index (χ2n) is 5.23. The highest BCUT2D eigenvalue weighted by Crippen LogP contribution is 2.24. The van der Waals surface area contributed by atoms with Crippen LogP contribution in [0.1, 0.15) is 32.9 Å². The molecule has 0 bridgehead atoms. The molecule has 1 N–H and O–H groups in total. The third-order valence-electron chi connectivity index (χ3n) is 3.44. The lowest BCUT2D eigenvalue weighted by molar-refractivity contribution is 0.511. The number of nitrogens with one attached hydrogen (secondary N) is 1. The second-order valence-corrected chi connectivity index (χ2v) is 5.23. The van der Waals surface area contributed by atoms with Gasteiger partial charge in [-0.3, -0.25) is 4.98 Å². The Labute approximate surface area is 109 Å². The zero-order valence-electron chi connectivity index (χ0n) is 11.7. The molecular formula is C16H22N2. The van der Waals surface area contributed by atoms with Crippen molar-refractivity contribution in [2.75, 3.05) is 5.32 Å². The smallest absolute Gasteiger partial charge is 0.0936 e. The van der Waals surface area contributed by atoms with Gasteiger partial charge in [0.2, 0.25) is 0 Å². The molecule has 96 valence electrons. The number of fused-ring (bicyclic) bond motifs is 1. The molecule has 2 aromatic rings. The number of rotatable bonds is 4. The maximum absolute atomic E-state index is 4.66. The number of aromatic nitrogens is 1. The van der Waals surface area contributed by atoms with Crippen LogP contribution in [0.2, 0.25) is 0 Å². The number of hydrogen-bond acceptors (Lipinski definition) is 2. The molecule has 18 heavy (non-hydrogen) atoms. The van der Waals surface area contributed by atoms with E-state index in [-0.39, 0.29) is 0 Å². The normalized spacial score (nSPS) is 12.9. The van der Waals surface area contributed by atoms with Crippen molar-refractivity contribution in [3.63, 3.8) is 0 Å². The summed E-state index contributed by atoms with van der Waals surface area (Å²) in [6.07, 6.45) is 1.12. The molecule has 0 aliphatic heterocycles. The van der Waals surface area contributed by atoms with Crippen molar-refractivity contribution in [2.45, 2.75) is 40.2 Å². The van der Waals surface area contributed by atoms with Gasteiger partial charge in [-0.05, 0) is 31.4 Å². The lowest BCUT2D eigenvalue weighted by Gasteiger charge is -2.22. The van der Waals surface area contributed by atoms with Gasteiger partial charge in [0.05, 0.1) is 11.2 Å². The third-order valence-corrected chi connectivity index (χ3v) is 3.44. The van der Waals surface area contributed by atoms with Crippen LogP contribution in [0, 0.1) is 12.8 Å². The van der Waals surface area contributed by atoms with Crippen LogP contribution >= 0.6 is 0 Å². The quantitative estimate of drug-likeness (QED) is 0.860. The molecule has 1 unspecified atom stereocenters. The molecule has 0 saturated heterocycles. The highest BCUT2D eigenvalue weighted by atomic mass is 14.9. The number of anilines is 1. The summed E-state index contributed by atoms with van der Waals surface area (Å²) >= 11 is 0. The molecule has 0 radical (unpaired) electrons. The predicted molar refractivity (Wildman–Crippen MR) is 79.0 cm³/mol. The molecule has 0 fully saturated rings. The summed E-state index contributed by atoms with van der Waals surface area (Å²) in [5.74, 6) is 0.620. The Morgan fingerprint density at radius 2 is 1.94 bits per heavy atom. The number of para-hydroxylation sites is 1. The fourth-order valence-corrected chi connectivity index (χ4v) is 2.30. The molecule has 2 heteroatoms. The molecule has 0 saturated carbocycles. The van der Waals surface area contributed by atoms with E-state index in [0.29, 0.717) is 12.0 Å². The van der Waals surface area contributed by atoms with E-state index in [9.17, 15) is 0 Å². The van der Waals surface area contributed by atoms with Crippen molar-refractivity contribution < 1.29 is 0 Å². The Morgan fingerprint density at radius 1 is 1.17 bits per heavy atom. The lowest BCUT2D eigenvalue weighted by atomic mass is 10.0. The maximum Gasteiger partial charge on any atom is 0.0936 e. The van der Waals surface area contributed by atoms with E-state index >= 15 is 0 Å². The average molecular weight is 242 g/mol. The molecule has 0 amide bonds. The van der Waals surface area contributed by atoms with E-state index in [1.807, 2.05) is 6.92 Å². The summed E-state index contributed by atoms with van der Waals surface area (Å²) in [6, 6.07) is 11.0. The first-order chi connectivity index (χ1) is 8.61. The second kappa shape index (κ2) is 5.38. The minimum Gasteiger partial charge on any atom is -0.380 e. The van der Waals surface area contributed by atoms with Crippen LogP contribution in [0.25, 0.3) is 10.9 Å². The first-order valence-corrected chi connectivity index (χ1v) is 6.74. The zero-order chi connectivity index (χ0) is 13.1.